The van der Waals surface area contributed by atoms with E-state index in [0.717, 1.165) is 13.0 Å². The summed E-state index contributed by atoms with van der Waals surface area (Å²) in [6.45, 7) is 4.03. The molecule has 5 heteroatoms. The summed E-state index contributed by atoms with van der Waals surface area (Å²) in [5, 5.41) is 3.09. The van der Waals surface area contributed by atoms with Crippen molar-refractivity contribution in [3.05, 3.63) is 29.3 Å². The van der Waals surface area contributed by atoms with E-state index in [1.54, 1.807) is 7.11 Å². The lowest BCUT2D eigenvalue weighted by molar-refractivity contribution is 0.168. The van der Waals surface area contributed by atoms with Gasteiger partial charge in [-0.05, 0) is 30.7 Å². The zero-order chi connectivity index (χ0) is 14.1. The van der Waals surface area contributed by atoms with Gasteiger partial charge in [0.1, 0.15) is 0 Å². The van der Waals surface area contributed by atoms with E-state index in [0.29, 0.717) is 25.1 Å². The Morgan fingerprint density at radius 1 is 1.16 bits per heavy atom. The molecule has 0 fully saturated rings. The van der Waals surface area contributed by atoms with Gasteiger partial charge in [0.2, 0.25) is 0 Å². The fourth-order valence-corrected chi connectivity index (χ4v) is 1.64. The highest BCUT2D eigenvalue weighted by atomic mass is 19.1. The highest BCUT2D eigenvalue weighted by Gasteiger charge is 2.12. The van der Waals surface area contributed by atoms with Crippen LogP contribution in [0.5, 0.6) is 5.75 Å². The minimum absolute atomic E-state index is 0.231. The molecule has 0 radical (unpaired) electrons. The standard InChI is InChI=1S/C14H21F2NO2/c1-3-5-17-10-11-8-12(15)14(13(16)9-11)19-7-4-6-18-2/h8-9,17H,3-7,10H2,1-2H3. The second-order valence-corrected chi connectivity index (χ2v) is 4.26. The maximum Gasteiger partial charge on any atom is 0.190 e. The molecule has 108 valence electrons. The van der Waals surface area contributed by atoms with E-state index in [1.165, 1.54) is 12.1 Å². The van der Waals surface area contributed by atoms with Crippen LogP contribution in [-0.2, 0) is 11.3 Å². The summed E-state index contributed by atoms with van der Waals surface area (Å²) >= 11 is 0. The van der Waals surface area contributed by atoms with E-state index in [1.807, 2.05) is 6.92 Å². The van der Waals surface area contributed by atoms with Gasteiger partial charge in [-0.2, -0.15) is 0 Å². The van der Waals surface area contributed by atoms with Crippen LogP contribution in [-0.4, -0.2) is 26.9 Å². The van der Waals surface area contributed by atoms with Crippen molar-refractivity contribution in [3.63, 3.8) is 0 Å². The van der Waals surface area contributed by atoms with Crippen LogP contribution in [0.15, 0.2) is 12.1 Å². The summed E-state index contributed by atoms with van der Waals surface area (Å²) in [7, 11) is 1.57. The van der Waals surface area contributed by atoms with Crippen LogP contribution in [0.25, 0.3) is 0 Å². The largest absolute Gasteiger partial charge is 0.488 e. The van der Waals surface area contributed by atoms with Crippen LogP contribution in [0.4, 0.5) is 8.78 Å². The Bertz CT molecular complexity index is 363. The molecule has 0 aliphatic heterocycles. The quantitative estimate of drug-likeness (QED) is 0.702. The summed E-state index contributed by atoms with van der Waals surface area (Å²) in [5.41, 5.74) is 0.577. The molecule has 0 saturated heterocycles. The molecule has 1 aromatic rings. The summed E-state index contributed by atoms with van der Waals surface area (Å²) in [6, 6.07) is 2.61. The molecule has 19 heavy (non-hydrogen) atoms. The maximum absolute atomic E-state index is 13.7. The average Bonchev–Trinajstić information content (AvgIpc) is 2.37. The second kappa shape index (κ2) is 8.82. The first-order valence-corrected chi connectivity index (χ1v) is 6.49. The van der Waals surface area contributed by atoms with E-state index in [4.69, 9.17) is 9.47 Å². The van der Waals surface area contributed by atoms with Crippen LogP contribution >= 0.6 is 0 Å². The molecule has 1 rings (SSSR count). The Morgan fingerprint density at radius 2 is 1.84 bits per heavy atom. The SMILES string of the molecule is CCCNCc1cc(F)c(OCCCOC)c(F)c1. The number of hydrogen-bond acceptors (Lipinski definition) is 3. The van der Waals surface area contributed by atoms with Crippen LogP contribution in [0.3, 0.4) is 0 Å². The predicted octanol–water partition coefficient (Wildman–Crippen LogP) is 2.88. The lowest BCUT2D eigenvalue weighted by Crippen LogP contribution is -2.14. The Hall–Kier alpha value is -1.20. The van der Waals surface area contributed by atoms with Gasteiger partial charge >= 0.3 is 0 Å². The Labute approximate surface area is 112 Å². The molecule has 0 unspecified atom stereocenters. The van der Waals surface area contributed by atoms with Gasteiger partial charge < -0.3 is 14.8 Å². The van der Waals surface area contributed by atoms with Crippen molar-refractivity contribution in [2.45, 2.75) is 26.3 Å². The van der Waals surface area contributed by atoms with E-state index in [9.17, 15) is 8.78 Å². The Balaban J connectivity index is 2.58. The van der Waals surface area contributed by atoms with Crippen LogP contribution < -0.4 is 10.1 Å². The molecule has 0 aliphatic carbocycles. The zero-order valence-electron chi connectivity index (χ0n) is 11.5. The van der Waals surface area contributed by atoms with E-state index in [-0.39, 0.29) is 12.4 Å². The minimum atomic E-state index is -0.661. The number of rotatable bonds is 9. The maximum atomic E-state index is 13.7. The third-order valence-corrected chi connectivity index (χ3v) is 2.55. The van der Waals surface area contributed by atoms with Crippen molar-refractivity contribution < 1.29 is 18.3 Å². The first kappa shape index (κ1) is 15.9. The average molecular weight is 273 g/mol. The fourth-order valence-electron chi connectivity index (χ4n) is 1.64. The monoisotopic (exact) mass is 273 g/mol. The van der Waals surface area contributed by atoms with Gasteiger partial charge in [-0.15, -0.1) is 0 Å². The zero-order valence-corrected chi connectivity index (χ0v) is 11.5. The van der Waals surface area contributed by atoms with Gasteiger partial charge in [0.25, 0.3) is 0 Å². The summed E-state index contributed by atoms with van der Waals surface area (Å²) in [5.74, 6) is -1.63. The smallest absolute Gasteiger partial charge is 0.190 e. The number of hydrogen-bond donors (Lipinski definition) is 1. The second-order valence-electron chi connectivity index (χ2n) is 4.26. The van der Waals surface area contributed by atoms with Gasteiger partial charge in [-0.25, -0.2) is 8.78 Å². The molecular formula is C14H21F2NO2. The minimum Gasteiger partial charge on any atom is -0.488 e. The summed E-state index contributed by atoms with van der Waals surface area (Å²) in [4.78, 5) is 0. The highest BCUT2D eigenvalue weighted by Crippen LogP contribution is 2.23. The molecule has 0 bridgehead atoms. The first-order valence-electron chi connectivity index (χ1n) is 6.49. The van der Waals surface area contributed by atoms with Crippen molar-refractivity contribution in [1.29, 1.82) is 0 Å². The van der Waals surface area contributed by atoms with E-state index in [2.05, 4.69) is 5.32 Å². The highest BCUT2D eigenvalue weighted by molar-refractivity contribution is 5.31. The van der Waals surface area contributed by atoms with Crippen molar-refractivity contribution in [2.75, 3.05) is 26.9 Å². The molecule has 1 N–H and O–H groups in total. The number of ether oxygens (including phenoxy) is 2. The number of benzene rings is 1. The molecule has 0 spiro atoms. The van der Waals surface area contributed by atoms with Crippen molar-refractivity contribution in [1.82, 2.24) is 5.32 Å². The van der Waals surface area contributed by atoms with Crippen LogP contribution in [0.1, 0.15) is 25.3 Å². The normalized spacial score (nSPS) is 10.7. The lowest BCUT2D eigenvalue weighted by atomic mass is 10.2. The molecular weight excluding hydrogens is 252 g/mol. The van der Waals surface area contributed by atoms with Gasteiger partial charge in [0.15, 0.2) is 17.4 Å². The van der Waals surface area contributed by atoms with Crippen LogP contribution in [0.2, 0.25) is 0 Å². The third kappa shape index (κ3) is 5.53. The molecule has 0 aliphatic rings. The van der Waals surface area contributed by atoms with E-state index >= 15 is 0 Å². The lowest BCUT2D eigenvalue weighted by Gasteiger charge is -2.10. The summed E-state index contributed by atoms with van der Waals surface area (Å²) < 4.78 is 37.3. The Kier molecular flexibility index (Phi) is 7.36. The van der Waals surface area contributed by atoms with Gasteiger partial charge in [0, 0.05) is 26.7 Å². The number of nitrogens with one attached hydrogen (secondary N) is 1. The molecule has 1 aromatic carbocycles. The van der Waals surface area contributed by atoms with Gasteiger partial charge in [-0.3, -0.25) is 0 Å². The van der Waals surface area contributed by atoms with Crippen molar-refractivity contribution in [3.8, 4) is 5.75 Å². The first-order chi connectivity index (χ1) is 9.19. The number of methoxy groups -OCH3 is 1. The summed E-state index contributed by atoms with van der Waals surface area (Å²) in [6.07, 6.45) is 1.57. The molecule has 0 atom stereocenters. The van der Waals surface area contributed by atoms with E-state index < -0.39 is 11.6 Å². The molecule has 0 aromatic heterocycles. The Morgan fingerprint density at radius 3 is 2.42 bits per heavy atom. The molecule has 0 heterocycles. The molecule has 0 saturated carbocycles. The topological polar surface area (TPSA) is 30.5 Å². The van der Waals surface area contributed by atoms with Crippen LogP contribution in [0, 0.1) is 11.6 Å². The van der Waals surface area contributed by atoms with Crippen molar-refractivity contribution >= 4 is 0 Å². The van der Waals surface area contributed by atoms with Gasteiger partial charge in [0.05, 0.1) is 6.61 Å². The number of halogens is 2. The van der Waals surface area contributed by atoms with Gasteiger partial charge in [-0.1, -0.05) is 6.92 Å². The third-order valence-electron chi connectivity index (χ3n) is 2.55. The van der Waals surface area contributed by atoms with Crippen molar-refractivity contribution in [2.24, 2.45) is 0 Å². The predicted molar refractivity (Wildman–Crippen MR) is 70.3 cm³/mol. The molecule has 0 amide bonds. The molecule has 3 nitrogen and oxygen atoms in total. The fraction of sp³-hybridized carbons (Fsp3) is 0.571.